The smallest absolute Gasteiger partial charge is 0.230 e. The van der Waals surface area contributed by atoms with Crippen LogP contribution in [0.5, 0.6) is 11.5 Å². The first-order chi connectivity index (χ1) is 18.4. The van der Waals surface area contributed by atoms with Gasteiger partial charge in [-0.3, -0.25) is 9.79 Å². The fraction of sp³-hybridized carbons (Fsp3) is 0.500. The summed E-state index contributed by atoms with van der Waals surface area (Å²) in [6.07, 6.45) is 10.9. The maximum Gasteiger partial charge on any atom is 0.230 e. The third-order valence-electron chi connectivity index (χ3n) is 9.12. The van der Waals surface area contributed by atoms with Crippen LogP contribution < -0.4 is 14.9 Å². The largest absolute Gasteiger partial charge is 0.457 e. The number of hydrogen-bond donors (Lipinski definition) is 1. The molecule has 1 aromatic heterocycles. The normalized spacial score (nSPS) is 28.1. The molecule has 198 valence electrons. The zero-order valence-corrected chi connectivity index (χ0v) is 23.2. The third kappa shape index (κ3) is 4.84. The second kappa shape index (κ2) is 9.41. The van der Waals surface area contributed by atoms with Gasteiger partial charge in [0.15, 0.2) is 4.80 Å². The zero-order chi connectivity index (χ0) is 25.9. The van der Waals surface area contributed by atoms with Crippen LogP contribution in [0.2, 0.25) is 0 Å². The second-order valence-corrected chi connectivity index (χ2v) is 13.6. The Balaban J connectivity index is 1.07. The number of carbonyl (C=O) groups is 1. The van der Waals surface area contributed by atoms with Crippen LogP contribution >= 0.6 is 11.3 Å². The van der Waals surface area contributed by atoms with Crippen molar-refractivity contribution in [3.05, 3.63) is 69.5 Å². The molecule has 0 spiro atoms. The fourth-order valence-electron chi connectivity index (χ4n) is 7.64. The summed E-state index contributed by atoms with van der Waals surface area (Å²) in [5.41, 5.74) is 3.30. The van der Waals surface area contributed by atoms with E-state index in [0.717, 1.165) is 40.6 Å². The molecule has 2 aromatic carbocycles. The number of anilines is 1. The van der Waals surface area contributed by atoms with E-state index in [9.17, 15) is 4.79 Å². The molecular formula is C32H37N3O2S. The lowest BCUT2D eigenvalue weighted by molar-refractivity contribution is -0.115. The molecule has 5 fully saturated rings. The molecule has 5 saturated carbocycles. The van der Waals surface area contributed by atoms with Crippen molar-refractivity contribution in [3.8, 4) is 11.5 Å². The van der Waals surface area contributed by atoms with Crippen LogP contribution in [0.4, 0.5) is 5.69 Å². The van der Waals surface area contributed by atoms with Crippen molar-refractivity contribution in [2.24, 2.45) is 22.7 Å². The number of aromatic nitrogens is 1. The van der Waals surface area contributed by atoms with Gasteiger partial charge in [0.25, 0.3) is 0 Å². The van der Waals surface area contributed by atoms with Crippen molar-refractivity contribution < 1.29 is 9.53 Å². The van der Waals surface area contributed by atoms with Gasteiger partial charge in [-0.05, 0) is 119 Å². The van der Waals surface area contributed by atoms with Crippen LogP contribution in [-0.4, -0.2) is 16.0 Å². The summed E-state index contributed by atoms with van der Waals surface area (Å²) in [6, 6.07) is 16.1. The van der Waals surface area contributed by atoms with Crippen LogP contribution in [0.25, 0.3) is 0 Å². The van der Waals surface area contributed by atoms with Gasteiger partial charge in [-0.15, -0.1) is 11.3 Å². The minimum atomic E-state index is 0.0221. The summed E-state index contributed by atoms with van der Waals surface area (Å²) in [5, 5.41) is 3.10. The molecule has 0 unspecified atom stereocenters. The van der Waals surface area contributed by atoms with Gasteiger partial charge in [-0.25, -0.2) is 0 Å². The molecule has 5 aliphatic carbocycles. The Bertz CT molecular complexity index is 1380. The summed E-state index contributed by atoms with van der Waals surface area (Å²) in [4.78, 5) is 21.2. The molecule has 1 heterocycles. The number of nitrogens with zero attached hydrogens (tertiary/aromatic N) is 2. The fourth-order valence-corrected chi connectivity index (χ4v) is 8.80. The molecule has 0 radical (unpaired) electrons. The van der Waals surface area contributed by atoms with Crippen molar-refractivity contribution in [2.75, 3.05) is 5.32 Å². The van der Waals surface area contributed by atoms with Gasteiger partial charge in [-0.2, -0.15) is 0 Å². The number of amides is 1. The number of rotatable bonds is 7. The first kappa shape index (κ1) is 24.2. The minimum Gasteiger partial charge on any atom is -0.457 e. The molecule has 4 bridgehead atoms. The van der Waals surface area contributed by atoms with E-state index in [-0.39, 0.29) is 11.4 Å². The van der Waals surface area contributed by atoms with Crippen molar-refractivity contribution >= 4 is 22.9 Å². The van der Waals surface area contributed by atoms with Gasteiger partial charge >= 0.3 is 0 Å². The van der Waals surface area contributed by atoms with E-state index < -0.39 is 0 Å². The van der Waals surface area contributed by atoms with E-state index in [4.69, 9.17) is 9.73 Å². The molecule has 1 N–H and O–H groups in total. The quantitative estimate of drug-likeness (QED) is 0.349. The Labute approximate surface area is 229 Å². The molecule has 0 saturated heterocycles. The van der Waals surface area contributed by atoms with Crippen molar-refractivity contribution in [3.63, 3.8) is 0 Å². The first-order valence-electron chi connectivity index (χ1n) is 14.3. The molecule has 3 aromatic rings. The van der Waals surface area contributed by atoms with Crippen LogP contribution in [0.3, 0.4) is 0 Å². The highest BCUT2D eigenvalue weighted by Crippen LogP contribution is 2.57. The molecule has 1 amide bonds. The van der Waals surface area contributed by atoms with Gasteiger partial charge in [0.1, 0.15) is 11.5 Å². The van der Waals surface area contributed by atoms with Gasteiger partial charge in [-0.1, -0.05) is 17.7 Å². The Morgan fingerprint density at radius 2 is 1.53 bits per heavy atom. The zero-order valence-electron chi connectivity index (χ0n) is 22.4. The summed E-state index contributed by atoms with van der Waals surface area (Å²) in [7, 11) is 0. The highest BCUT2D eigenvalue weighted by Gasteiger charge is 2.51. The second-order valence-electron chi connectivity index (χ2n) is 12.4. The number of nitrogens with one attached hydrogen (secondary N) is 1. The highest BCUT2D eigenvalue weighted by molar-refractivity contribution is 7.09. The predicted octanol–water partition coefficient (Wildman–Crippen LogP) is 7.34. The minimum absolute atomic E-state index is 0.0221. The first-order valence-corrected chi connectivity index (χ1v) is 15.1. The SMILES string of the molecule is Cc1ccc(Oc2ccc(NC(=O)Cc3c(C)sc(=NC45CC6CC(CC(C6)C4)C5)n3C3CC3)cc2)cc1. The summed E-state index contributed by atoms with van der Waals surface area (Å²) in [6.45, 7) is 4.23. The lowest BCUT2D eigenvalue weighted by Crippen LogP contribution is -2.50. The maximum atomic E-state index is 13.2. The molecule has 6 heteroatoms. The van der Waals surface area contributed by atoms with Gasteiger partial charge in [0.05, 0.1) is 12.0 Å². The van der Waals surface area contributed by atoms with Crippen LogP contribution in [-0.2, 0) is 11.2 Å². The summed E-state index contributed by atoms with van der Waals surface area (Å²) < 4.78 is 8.37. The number of hydrogen-bond acceptors (Lipinski definition) is 4. The Kier molecular flexibility index (Phi) is 5.99. The molecule has 0 atom stereocenters. The standard InChI is InChI=1S/C32H37N3O2S/c1-20-3-9-27(10-4-20)37-28-11-5-25(6-12-28)33-30(36)16-29-21(2)38-31(35(29)26-7-8-26)34-32-17-22-13-23(18-32)15-24(14-22)19-32/h3-6,9-12,22-24,26H,7-8,13-19H2,1-2H3,(H,33,36). The van der Waals surface area contributed by atoms with E-state index in [1.165, 1.54) is 66.6 Å². The molecule has 5 nitrogen and oxygen atoms in total. The Morgan fingerprint density at radius 1 is 0.947 bits per heavy atom. The third-order valence-corrected chi connectivity index (χ3v) is 10.1. The predicted molar refractivity (Wildman–Crippen MR) is 152 cm³/mol. The van der Waals surface area contributed by atoms with E-state index in [1.807, 2.05) is 59.9 Å². The Hall–Kier alpha value is -2.86. The lowest BCUT2D eigenvalue weighted by atomic mass is 9.53. The van der Waals surface area contributed by atoms with Crippen LogP contribution in [0.15, 0.2) is 53.5 Å². The monoisotopic (exact) mass is 527 g/mol. The molecule has 5 aliphatic rings. The summed E-state index contributed by atoms with van der Waals surface area (Å²) in [5.74, 6) is 4.25. The average Bonchev–Trinajstić information content (AvgIpc) is 3.66. The molecule has 8 rings (SSSR count). The van der Waals surface area contributed by atoms with E-state index >= 15 is 0 Å². The maximum absolute atomic E-state index is 13.2. The molecular weight excluding hydrogens is 490 g/mol. The van der Waals surface area contributed by atoms with Crippen molar-refractivity contribution in [1.29, 1.82) is 0 Å². The molecule has 0 aliphatic heterocycles. The number of benzene rings is 2. The summed E-state index contributed by atoms with van der Waals surface area (Å²) >= 11 is 1.81. The van der Waals surface area contributed by atoms with E-state index in [1.54, 1.807) is 0 Å². The van der Waals surface area contributed by atoms with E-state index in [0.29, 0.717) is 12.5 Å². The molecule has 38 heavy (non-hydrogen) atoms. The average molecular weight is 528 g/mol. The van der Waals surface area contributed by atoms with E-state index in [2.05, 4.69) is 23.7 Å². The number of carbonyl (C=O) groups excluding carboxylic acids is 1. The van der Waals surface area contributed by atoms with Gasteiger partial charge < -0.3 is 14.6 Å². The van der Waals surface area contributed by atoms with Gasteiger partial charge in [0.2, 0.25) is 5.91 Å². The van der Waals surface area contributed by atoms with Crippen molar-refractivity contribution in [2.45, 2.75) is 83.2 Å². The topological polar surface area (TPSA) is 55.6 Å². The highest BCUT2D eigenvalue weighted by atomic mass is 32.1. The van der Waals surface area contributed by atoms with Crippen LogP contribution in [0, 0.1) is 31.6 Å². The number of aryl methyl sites for hydroxylation is 2. The number of ether oxygens (including phenoxy) is 1. The number of thiazole rings is 1. The Morgan fingerprint density at radius 3 is 2.11 bits per heavy atom. The van der Waals surface area contributed by atoms with Gasteiger partial charge in [0, 0.05) is 22.3 Å². The van der Waals surface area contributed by atoms with Crippen LogP contribution in [0.1, 0.15) is 73.5 Å². The lowest BCUT2D eigenvalue weighted by Gasteiger charge is -2.54. The van der Waals surface area contributed by atoms with Crippen molar-refractivity contribution in [1.82, 2.24) is 4.57 Å².